The number of nitrogens with zero attached hydrogens (tertiary/aromatic N) is 4. The molecule has 2 aromatic heterocycles. The number of aromatic nitrogens is 4. The van der Waals surface area contributed by atoms with Crippen LogP contribution in [0.25, 0.3) is 22.2 Å². The van der Waals surface area contributed by atoms with Crippen LogP contribution in [0.1, 0.15) is 23.3 Å². The van der Waals surface area contributed by atoms with Gasteiger partial charge in [-0.15, -0.1) is 0 Å². The van der Waals surface area contributed by atoms with Gasteiger partial charge in [0, 0.05) is 49.0 Å². The molecule has 0 spiro atoms. The SMILES string of the molecule is CN1CCC(Oc2ccc(NC(=O)c3n[nH]c4cc(F)c(-c5ccn(C)n5)cc34)cc2)CC1. The van der Waals surface area contributed by atoms with E-state index in [4.69, 9.17) is 4.74 Å². The van der Waals surface area contributed by atoms with E-state index in [0.29, 0.717) is 27.8 Å². The Bertz CT molecular complexity index is 1290. The van der Waals surface area contributed by atoms with Gasteiger partial charge in [0.1, 0.15) is 17.7 Å². The van der Waals surface area contributed by atoms with E-state index >= 15 is 0 Å². The van der Waals surface area contributed by atoms with Gasteiger partial charge in [-0.3, -0.25) is 14.6 Å². The number of amides is 1. The highest BCUT2D eigenvalue weighted by molar-refractivity contribution is 6.11. The molecule has 0 aliphatic carbocycles. The number of rotatable bonds is 5. The lowest BCUT2D eigenvalue weighted by atomic mass is 10.1. The van der Waals surface area contributed by atoms with E-state index in [2.05, 4.69) is 32.6 Å². The van der Waals surface area contributed by atoms with Crippen LogP contribution >= 0.6 is 0 Å². The predicted molar refractivity (Wildman–Crippen MR) is 124 cm³/mol. The molecule has 5 rings (SSSR count). The number of aryl methyl sites for hydroxylation is 1. The van der Waals surface area contributed by atoms with Gasteiger partial charge in [0.15, 0.2) is 5.69 Å². The second-order valence-electron chi connectivity index (χ2n) is 8.42. The second-order valence-corrected chi connectivity index (χ2v) is 8.42. The number of hydrogen-bond acceptors (Lipinski definition) is 5. The van der Waals surface area contributed by atoms with E-state index in [0.717, 1.165) is 31.7 Å². The molecule has 1 aliphatic heterocycles. The minimum atomic E-state index is -0.433. The number of piperidine rings is 1. The molecular formula is C24H25FN6O2. The Morgan fingerprint density at radius 3 is 2.61 bits per heavy atom. The number of hydrogen-bond donors (Lipinski definition) is 2. The molecule has 0 radical (unpaired) electrons. The van der Waals surface area contributed by atoms with Crippen molar-refractivity contribution in [2.24, 2.45) is 7.05 Å². The number of ether oxygens (including phenoxy) is 1. The Morgan fingerprint density at radius 1 is 1.15 bits per heavy atom. The zero-order chi connectivity index (χ0) is 22.9. The van der Waals surface area contributed by atoms with Gasteiger partial charge in [0.25, 0.3) is 5.91 Å². The molecule has 9 heteroatoms. The maximum atomic E-state index is 14.6. The molecule has 3 heterocycles. The summed E-state index contributed by atoms with van der Waals surface area (Å²) in [5, 5.41) is 14.5. The number of H-pyrrole nitrogens is 1. The first kappa shape index (κ1) is 21.1. The molecule has 0 unspecified atom stereocenters. The summed E-state index contributed by atoms with van der Waals surface area (Å²) in [6, 6.07) is 12.0. The number of nitrogens with one attached hydrogen (secondary N) is 2. The van der Waals surface area contributed by atoms with Gasteiger partial charge in [-0.25, -0.2) is 4.39 Å². The number of anilines is 1. The van der Waals surface area contributed by atoms with Crippen LogP contribution in [-0.4, -0.2) is 57.0 Å². The number of benzene rings is 2. The Morgan fingerprint density at radius 2 is 1.91 bits per heavy atom. The first-order chi connectivity index (χ1) is 16.0. The molecule has 4 aromatic rings. The molecule has 170 valence electrons. The average molecular weight is 449 g/mol. The van der Waals surface area contributed by atoms with Crippen molar-refractivity contribution in [2.45, 2.75) is 18.9 Å². The van der Waals surface area contributed by atoms with E-state index in [9.17, 15) is 9.18 Å². The fourth-order valence-electron chi connectivity index (χ4n) is 4.07. The Hall–Kier alpha value is -3.72. The van der Waals surface area contributed by atoms with Crippen molar-refractivity contribution in [2.75, 3.05) is 25.5 Å². The topological polar surface area (TPSA) is 88.1 Å². The average Bonchev–Trinajstić information content (AvgIpc) is 3.42. The van der Waals surface area contributed by atoms with E-state index in [1.807, 2.05) is 12.1 Å². The van der Waals surface area contributed by atoms with Crippen molar-refractivity contribution in [1.29, 1.82) is 0 Å². The number of carbonyl (C=O) groups excluding carboxylic acids is 1. The third-order valence-electron chi connectivity index (χ3n) is 5.94. The van der Waals surface area contributed by atoms with Gasteiger partial charge in [0.2, 0.25) is 0 Å². The molecule has 0 atom stereocenters. The summed E-state index contributed by atoms with van der Waals surface area (Å²) in [6.45, 7) is 2.06. The zero-order valence-electron chi connectivity index (χ0n) is 18.5. The third kappa shape index (κ3) is 4.45. The van der Waals surface area contributed by atoms with Crippen molar-refractivity contribution in [3.8, 4) is 17.0 Å². The summed E-state index contributed by atoms with van der Waals surface area (Å²) in [5.74, 6) is -0.0379. The van der Waals surface area contributed by atoms with Crippen molar-refractivity contribution >= 4 is 22.5 Å². The molecule has 0 bridgehead atoms. The number of fused-ring (bicyclic) bond motifs is 1. The molecule has 8 nitrogen and oxygen atoms in total. The van der Waals surface area contributed by atoms with Crippen molar-refractivity contribution in [3.63, 3.8) is 0 Å². The molecule has 1 aliphatic rings. The summed E-state index contributed by atoms with van der Waals surface area (Å²) < 4.78 is 22.2. The van der Waals surface area contributed by atoms with Crippen LogP contribution in [-0.2, 0) is 7.05 Å². The first-order valence-corrected chi connectivity index (χ1v) is 10.9. The molecule has 1 fully saturated rings. The fourth-order valence-corrected chi connectivity index (χ4v) is 4.07. The molecule has 0 saturated carbocycles. The van der Waals surface area contributed by atoms with Crippen LogP contribution < -0.4 is 10.1 Å². The summed E-state index contributed by atoms with van der Waals surface area (Å²) >= 11 is 0. The van der Waals surface area contributed by atoms with Crippen LogP contribution in [0.15, 0.2) is 48.7 Å². The lowest BCUT2D eigenvalue weighted by Crippen LogP contribution is -2.35. The van der Waals surface area contributed by atoms with E-state index in [1.165, 1.54) is 6.07 Å². The normalized spacial score (nSPS) is 15.1. The molecule has 1 saturated heterocycles. The lowest BCUT2D eigenvalue weighted by molar-refractivity contribution is 0.102. The van der Waals surface area contributed by atoms with Crippen LogP contribution in [0.4, 0.5) is 10.1 Å². The molecule has 2 N–H and O–H groups in total. The fraction of sp³-hybridized carbons (Fsp3) is 0.292. The van der Waals surface area contributed by atoms with Crippen LogP contribution in [0.5, 0.6) is 5.75 Å². The minimum absolute atomic E-state index is 0.189. The standard InChI is InChI=1S/C24H25FN6O2/c1-30-10-7-17(8-11-30)33-16-5-3-15(4-6-16)26-24(32)23-19-13-18(21-9-12-31(2)29-21)20(25)14-22(19)27-28-23/h3-6,9,12-14,17H,7-8,10-11H2,1-2H3,(H,26,32)(H,27,28). The lowest BCUT2D eigenvalue weighted by Gasteiger charge is -2.29. The summed E-state index contributed by atoms with van der Waals surface area (Å²) in [7, 11) is 3.88. The molecular weight excluding hydrogens is 423 g/mol. The largest absolute Gasteiger partial charge is 0.490 e. The van der Waals surface area contributed by atoms with Gasteiger partial charge < -0.3 is 15.0 Å². The van der Waals surface area contributed by atoms with Gasteiger partial charge in [-0.2, -0.15) is 10.2 Å². The van der Waals surface area contributed by atoms with Crippen LogP contribution in [0.2, 0.25) is 0 Å². The minimum Gasteiger partial charge on any atom is -0.490 e. The number of carbonyl (C=O) groups is 1. The molecule has 1 amide bonds. The highest BCUT2D eigenvalue weighted by Crippen LogP contribution is 2.28. The Kier molecular flexibility index (Phi) is 5.55. The number of halogens is 1. The highest BCUT2D eigenvalue weighted by Gasteiger charge is 2.20. The molecule has 33 heavy (non-hydrogen) atoms. The quantitative estimate of drug-likeness (QED) is 0.485. The predicted octanol–water partition coefficient (Wildman–Crippen LogP) is 3.83. The van der Waals surface area contributed by atoms with Crippen molar-refractivity contribution < 1.29 is 13.9 Å². The smallest absolute Gasteiger partial charge is 0.276 e. The second kappa shape index (κ2) is 8.67. The third-order valence-corrected chi connectivity index (χ3v) is 5.94. The van der Waals surface area contributed by atoms with Crippen molar-refractivity contribution in [3.05, 3.63) is 60.2 Å². The monoisotopic (exact) mass is 448 g/mol. The first-order valence-electron chi connectivity index (χ1n) is 10.9. The zero-order valence-corrected chi connectivity index (χ0v) is 18.5. The Balaban J connectivity index is 1.32. The van der Waals surface area contributed by atoms with Crippen LogP contribution in [0.3, 0.4) is 0 Å². The van der Waals surface area contributed by atoms with Gasteiger partial charge in [-0.05, 0) is 56.3 Å². The van der Waals surface area contributed by atoms with Crippen LogP contribution in [0, 0.1) is 5.82 Å². The number of likely N-dealkylation sites (tertiary alicyclic amines) is 1. The van der Waals surface area contributed by atoms with Crippen molar-refractivity contribution in [1.82, 2.24) is 24.9 Å². The van der Waals surface area contributed by atoms with E-state index < -0.39 is 5.82 Å². The summed E-state index contributed by atoms with van der Waals surface area (Å²) in [4.78, 5) is 15.2. The van der Waals surface area contributed by atoms with E-state index in [-0.39, 0.29) is 17.7 Å². The van der Waals surface area contributed by atoms with Gasteiger partial charge >= 0.3 is 0 Å². The maximum Gasteiger partial charge on any atom is 0.276 e. The Labute approximate surface area is 190 Å². The summed E-state index contributed by atoms with van der Waals surface area (Å²) in [6.07, 6.45) is 3.96. The van der Waals surface area contributed by atoms with Gasteiger partial charge in [-0.1, -0.05) is 0 Å². The number of aromatic amines is 1. The maximum absolute atomic E-state index is 14.6. The van der Waals surface area contributed by atoms with E-state index in [1.54, 1.807) is 42.2 Å². The van der Waals surface area contributed by atoms with Gasteiger partial charge in [0.05, 0.1) is 11.2 Å². The molecule has 2 aromatic carbocycles. The summed E-state index contributed by atoms with van der Waals surface area (Å²) in [5.41, 5.74) is 2.06. The highest BCUT2D eigenvalue weighted by atomic mass is 19.1.